The number of rotatable bonds is 3. The van der Waals surface area contributed by atoms with Crippen LogP contribution in [0.5, 0.6) is 5.75 Å². The summed E-state index contributed by atoms with van der Waals surface area (Å²) in [7, 11) is 0. The fraction of sp³-hybridized carbons (Fsp3) is 0.300. The first kappa shape index (κ1) is 16.9. The summed E-state index contributed by atoms with van der Waals surface area (Å²) in [5.41, 5.74) is 2.02. The Morgan fingerprint density at radius 1 is 1.23 bits per heavy atom. The van der Waals surface area contributed by atoms with Gasteiger partial charge in [0, 0.05) is 30.0 Å². The molecule has 1 fully saturated rings. The van der Waals surface area contributed by atoms with Crippen LogP contribution in [0.2, 0.25) is 5.02 Å². The van der Waals surface area contributed by atoms with Gasteiger partial charge in [0.1, 0.15) is 5.75 Å². The number of halogens is 1. The molecule has 0 saturated carbocycles. The molecule has 4 rings (SSSR count). The number of benzene rings is 2. The van der Waals surface area contributed by atoms with E-state index in [0.29, 0.717) is 42.3 Å². The van der Waals surface area contributed by atoms with Crippen LogP contribution in [-0.4, -0.2) is 25.0 Å². The van der Waals surface area contributed by atoms with E-state index in [9.17, 15) is 9.59 Å². The molecule has 1 unspecified atom stereocenters. The Morgan fingerprint density at radius 3 is 2.88 bits per heavy atom. The Labute approximate surface area is 156 Å². The molecule has 2 aliphatic rings. The van der Waals surface area contributed by atoms with E-state index < -0.39 is 0 Å². The molecule has 1 N–H and O–H groups in total. The number of amides is 2. The molecule has 2 aromatic rings. The molecule has 0 spiro atoms. The van der Waals surface area contributed by atoms with Crippen molar-refractivity contribution in [3.63, 3.8) is 0 Å². The minimum Gasteiger partial charge on any atom is -0.493 e. The number of para-hydroxylation sites is 1. The van der Waals surface area contributed by atoms with Gasteiger partial charge in [0.15, 0.2) is 0 Å². The predicted octanol–water partition coefficient (Wildman–Crippen LogP) is 3.72. The topological polar surface area (TPSA) is 58.6 Å². The van der Waals surface area contributed by atoms with Crippen LogP contribution in [0.1, 0.15) is 41.2 Å². The van der Waals surface area contributed by atoms with Gasteiger partial charge >= 0.3 is 0 Å². The highest BCUT2D eigenvalue weighted by Crippen LogP contribution is 2.33. The van der Waals surface area contributed by atoms with Crippen molar-refractivity contribution in [2.45, 2.75) is 25.3 Å². The van der Waals surface area contributed by atoms with Crippen LogP contribution in [0.3, 0.4) is 0 Å². The maximum absolute atomic E-state index is 13.0. The van der Waals surface area contributed by atoms with Crippen molar-refractivity contribution < 1.29 is 14.3 Å². The predicted molar refractivity (Wildman–Crippen MR) is 99.8 cm³/mol. The Balaban J connectivity index is 1.63. The Kier molecular flexibility index (Phi) is 4.55. The molecule has 2 amide bonds. The first-order valence-corrected chi connectivity index (χ1v) is 9.14. The second kappa shape index (κ2) is 7.00. The van der Waals surface area contributed by atoms with Gasteiger partial charge in [-0.25, -0.2) is 0 Å². The van der Waals surface area contributed by atoms with Gasteiger partial charge < -0.3 is 15.0 Å². The zero-order valence-electron chi connectivity index (χ0n) is 14.2. The number of hydrogen-bond acceptors (Lipinski definition) is 3. The molecular weight excluding hydrogens is 352 g/mol. The van der Waals surface area contributed by atoms with E-state index >= 15 is 0 Å². The van der Waals surface area contributed by atoms with Gasteiger partial charge in [0.05, 0.1) is 23.9 Å². The number of fused-ring (bicyclic) bond motifs is 1. The summed E-state index contributed by atoms with van der Waals surface area (Å²) in [4.78, 5) is 26.8. The molecule has 0 aromatic heterocycles. The third-order valence-corrected chi connectivity index (χ3v) is 5.07. The van der Waals surface area contributed by atoms with Crippen molar-refractivity contribution in [2.75, 3.05) is 18.1 Å². The van der Waals surface area contributed by atoms with Crippen LogP contribution in [-0.2, 0) is 4.79 Å². The number of anilines is 1. The third kappa shape index (κ3) is 3.15. The first-order chi connectivity index (χ1) is 12.6. The Hall–Kier alpha value is -2.53. The van der Waals surface area contributed by atoms with Gasteiger partial charge in [0.25, 0.3) is 5.91 Å². The molecule has 26 heavy (non-hydrogen) atoms. The van der Waals surface area contributed by atoms with Crippen molar-refractivity contribution in [3.05, 3.63) is 58.6 Å². The number of carbonyl (C=O) groups excluding carboxylic acids is 2. The fourth-order valence-corrected chi connectivity index (χ4v) is 3.72. The van der Waals surface area contributed by atoms with E-state index in [1.54, 1.807) is 23.1 Å². The number of nitrogens with one attached hydrogen (secondary N) is 1. The van der Waals surface area contributed by atoms with Gasteiger partial charge in [-0.1, -0.05) is 29.8 Å². The number of nitrogens with zero attached hydrogens (tertiary/aromatic N) is 1. The van der Waals surface area contributed by atoms with E-state index in [-0.39, 0.29) is 17.9 Å². The van der Waals surface area contributed by atoms with Crippen LogP contribution in [0.15, 0.2) is 42.5 Å². The lowest BCUT2D eigenvalue weighted by molar-refractivity contribution is -0.117. The summed E-state index contributed by atoms with van der Waals surface area (Å²) in [6.45, 7) is 1.17. The minimum absolute atomic E-state index is 0.0257. The molecule has 1 saturated heterocycles. The van der Waals surface area contributed by atoms with E-state index in [1.165, 1.54) is 0 Å². The van der Waals surface area contributed by atoms with Crippen LogP contribution < -0.4 is 15.0 Å². The SMILES string of the molecule is O=C(NC1CCOc2ccccc21)c1ccc(Cl)cc1N1CCCC1=O. The van der Waals surface area contributed by atoms with E-state index in [0.717, 1.165) is 17.7 Å². The average Bonchev–Trinajstić information content (AvgIpc) is 3.07. The minimum atomic E-state index is -0.210. The molecular formula is C20H19ClN2O3. The summed E-state index contributed by atoms with van der Waals surface area (Å²) in [6, 6.07) is 12.7. The summed E-state index contributed by atoms with van der Waals surface area (Å²) in [5.74, 6) is 0.617. The monoisotopic (exact) mass is 370 g/mol. The molecule has 0 aliphatic carbocycles. The Bertz CT molecular complexity index is 868. The fourth-order valence-electron chi connectivity index (χ4n) is 3.55. The van der Waals surface area contributed by atoms with Crippen LogP contribution >= 0.6 is 11.6 Å². The lowest BCUT2D eigenvalue weighted by Crippen LogP contribution is -2.34. The maximum Gasteiger partial charge on any atom is 0.253 e. The summed E-state index contributed by atoms with van der Waals surface area (Å²) in [5, 5.41) is 3.60. The molecule has 2 aromatic carbocycles. The molecule has 6 heteroatoms. The average molecular weight is 371 g/mol. The Morgan fingerprint density at radius 2 is 2.08 bits per heavy atom. The lowest BCUT2D eigenvalue weighted by Gasteiger charge is -2.27. The summed E-state index contributed by atoms with van der Waals surface area (Å²) < 4.78 is 5.65. The van der Waals surface area contributed by atoms with Crippen molar-refractivity contribution in [1.29, 1.82) is 0 Å². The van der Waals surface area contributed by atoms with Crippen LogP contribution in [0, 0.1) is 0 Å². The smallest absolute Gasteiger partial charge is 0.253 e. The van der Waals surface area contributed by atoms with Crippen LogP contribution in [0.4, 0.5) is 5.69 Å². The van der Waals surface area contributed by atoms with E-state index in [1.807, 2.05) is 24.3 Å². The second-order valence-corrected chi connectivity index (χ2v) is 6.95. The summed E-state index contributed by atoms with van der Waals surface area (Å²) in [6.07, 6.45) is 2.00. The van der Waals surface area contributed by atoms with E-state index in [4.69, 9.17) is 16.3 Å². The van der Waals surface area contributed by atoms with Crippen molar-refractivity contribution in [2.24, 2.45) is 0 Å². The lowest BCUT2D eigenvalue weighted by atomic mass is 10.00. The normalized spacial score (nSPS) is 19.0. The molecule has 0 bridgehead atoms. The zero-order valence-corrected chi connectivity index (χ0v) is 15.0. The number of ether oxygens (including phenoxy) is 1. The number of hydrogen-bond donors (Lipinski definition) is 1. The first-order valence-electron chi connectivity index (χ1n) is 8.76. The van der Waals surface area contributed by atoms with Crippen molar-refractivity contribution in [3.8, 4) is 5.75 Å². The highest BCUT2D eigenvalue weighted by atomic mass is 35.5. The second-order valence-electron chi connectivity index (χ2n) is 6.51. The number of carbonyl (C=O) groups is 2. The molecule has 0 radical (unpaired) electrons. The molecule has 134 valence electrons. The van der Waals surface area contributed by atoms with Crippen molar-refractivity contribution in [1.82, 2.24) is 5.32 Å². The molecule has 2 aliphatic heterocycles. The summed E-state index contributed by atoms with van der Waals surface area (Å²) >= 11 is 6.12. The molecule has 5 nitrogen and oxygen atoms in total. The van der Waals surface area contributed by atoms with Gasteiger partial charge in [-0.05, 0) is 30.7 Å². The van der Waals surface area contributed by atoms with Crippen molar-refractivity contribution >= 4 is 29.1 Å². The zero-order chi connectivity index (χ0) is 18.1. The highest BCUT2D eigenvalue weighted by molar-refractivity contribution is 6.31. The van der Waals surface area contributed by atoms with Gasteiger partial charge in [-0.2, -0.15) is 0 Å². The van der Waals surface area contributed by atoms with Gasteiger partial charge in [-0.3, -0.25) is 9.59 Å². The third-order valence-electron chi connectivity index (χ3n) is 4.83. The largest absolute Gasteiger partial charge is 0.493 e. The molecule has 2 heterocycles. The standard InChI is InChI=1S/C20H19ClN2O3/c21-13-7-8-15(17(12-13)23-10-3-6-19(23)24)20(25)22-16-9-11-26-18-5-2-1-4-14(16)18/h1-2,4-5,7-8,12,16H,3,6,9-11H2,(H,22,25). The quantitative estimate of drug-likeness (QED) is 0.895. The van der Waals surface area contributed by atoms with E-state index in [2.05, 4.69) is 5.32 Å². The van der Waals surface area contributed by atoms with Gasteiger partial charge in [-0.15, -0.1) is 0 Å². The molecule has 1 atom stereocenters. The maximum atomic E-state index is 13.0. The van der Waals surface area contributed by atoms with Crippen LogP contribution in [0.25, 0.3) is 0 Å². The highest BCUT2D eigenvalue weighted by Gasteiger charge is 2.28. The van der Waals surface area contributed by atoms with Gasteiger partial charge in [0.2, 0.25) is 5.91 Å².